The van der Waals surface area contributed by atoms with Crippen LogP contribution in [0, 0.1) is 5.41 Å². The minimum Gasteiger partial charge on any atom is -0.388 e. The number of pyridine rings is 1. The lowest BCUT2D eigenvalue weighted by Crippen LogP contribution is -2.40. The molecule has 1 aromatic carbocycles. The van der Waals surface area contributed by atoms with Crippen molar-refractivity contribution in [2.75, 3.05) is 50.3 Å². The van der Waals surface area contributed by atoms with E-state index < -0.39 is 5.91 Å². The number of anilines is 4. The minimum atomic E-state index is -0.554. The van der Waals surface area contributed by atoms with Crippen molar-refractivity contribution in [3.05, 3.63) is 41.5 Å². The van der Waals surface area contributed by atoms with Gasteiger partial charge in [0.05, 0.1) is 11.3 Å². The van der Waals surface area contributed by atoms with Crippen molar-refractivity contribution in [1.29, 1.82) is 5.41 Å². The number of primary amides is 1. The molecule has 2 aromatic rings. The first-order valence-electron chi connectivity index (χ1n) is 10.6. The van der Waals surface area contributed by atoms with Gasteiger partial charge in [-0.05, 0) is 44.8 Å². The summed E-state index contributed by atoms with van der Waals surface area (Å²) in [5.41, 5.74) is 8.08. The quantitative estimate of drug-likeness (QED) is 0.387. The molecular formula is C23H35N7O. The van der Waals surface area contributed by atoms with Crippen LogP contribution in [0.15, 0.2) is 30.3 Å². The molecule has 0 aliphatic heterocycles. The molecule has 0 aliphatic rings. The van der Waals surface area contributed by atoms with Gasteiger partial charge in [-0.2, -0.15) is 0 Å². The summed E-state index contributed by atoms with van der Waals surface area (Å²) in [5.74, 6) is 0.588. The largest absolute Gasteiger partial charge is 0.388 e. The summed E-state index contributed by atoms with van der Waals surface area (Å²) >= 11 is 0. The third-order valence-electron chi connectivity index (χ3n) is 5.29. The van der Waals surface area contributed by atoms with Gasteiger partial charge in [0.1, 0.15) is 11.6 Å². The molecule has 31 heavy (non-hydrogen) atoms. The second kappa shape index (κ2) is 11.3. The van der Waals surface area contributed by atoms with Gasteiger partial charge in [0.15, 0.2) is 0 Å². The van der Waals surface area contributed by atoms with E-state index in [1.165, 1.54) is 6.21 Å². The standard InChI is InChI=1S/C23H35N7O/c1-6-7-9-16(15-29(3)4)30(5)21-13-12-17(22(25)31)23(28-21)27-20-11-8-10-19(26-2)18(20)14-24/h8,10-14,16,24,26H,6-7,9,15H2,1-5H3,(H2,25,31)(H,27,28). The number of benzene rings is 1. The number of amides is 1. The van der Waals surface area contributed by atoms with Crippen molar-refractivity contribution >= 4 is 35.1 Å². The first-order chi connectivity index (χ1) is 14.8. The number of hydrogen-bond donors (Lipinski definition) is 4. The first-order valence-corrected chi connectivity index (χ1v) is 10.6. The van der Waals surface area contributed by atoms with E-state index in [1.54, 1.807) is 13.1 Å². The van der Waals surface area contributed by atoms with Crippen LogP contribution in [0.5, 0.6) is 0 Å². The second-order valence-corrected chi connectivity index (χ2v) is 7.89. The average molecular weight is 426 g/mol. The van der Waals surface area contributed by atoms with E-state index in [0.717, 1.165) is 37.3 Å². The molecule has 168 valence electrons. The average Bonchev–Trinajstić information content (AvgIpc) is 2.75. The van der Waals surface area contributed by atoms with Crippen LogP contribution in [0.1, 0.15) is 42.1 Å². The number of likely N-dealkylation sites (N-methyl/N-ethyl adjacent to an activating group) is 2. The van der Waals surface area contributed by atoms with Gasteiger partial charge in [0, 0.05) is 44.1 Å². The Morgan fingerprint density at radius 1 is 1.23 bits per heavy atom. The molecular weight excluding hydrogens is 390 g/mol. The van der Waals surface area contributed by atoms with Crippen molar-refractivity contribution in [2.45, 2.75) is 32.2 Å². The number of carbonyl (C=O) groups is 1. The third kappa shape index (κ3) is 6.18. The summed E-state index contributed by atoms with van der Waals surface area (Å²) in [5, 5.41) is 14.1. The van der Waals surface area contributed by atoms with Crippen molar-refractivity contribution in [3.8, 4) is 0 Å². The Balaban J connectivity index is 2.45. The van der Waals surface area contributed by atoms with Crippen LogP contribution in [0.2, 0.25) is 0 Å². The summed E-state index contributed by atoms with van der Waals surface area (Å²) in [7, 11) is 7.97. The molecule has 0 radical (unpaired) electrons. The fourth-order valence-corrected chi connectivity index (χ4v) is 3.57. The molecule has 1 heterocycles. The van der Waals surface area contributed by atoms with Crippen LogP contribution in [0.4, 0.5) is 23.0 Å². The van der Waals surface area contributed by atoms with Crippen molar-refractivity contribution in [1.82, 2.24) is 9.88 Å². The van der Waals surface area contributed by atoms with Crippen LogP contribution < -0.4 is 21.3 Å². The molecule has 0 fully saturated rings. The zero-order valence-electron chi connectivity index (χ0n) is 19.2. The highest BCUT2D eigenvalue weighted by atomic mass is 16.1. The molecule has 0 aliphatic carbocycles. The number of nitrogens with one attached hydrogen (secondary N) is 3. The molecule has 5 N–H and O–H groups in total. The zero-order chi connectivity index (χ0) is 23.0. The van der Waals surface area contributed by atoms with E-state index in [-0.39, 0.29) is 0 Å². The van der Waals surface area contributed by atoms with Gasteiger partial charge in [-0.15, -0.1) is 0 Å². The number of aromatic nitrogens is 1. The summed E-state index contributed by atoms with van der Waals surface area (Å²) < 4.78 is 0. The SMILES string of the molecule is CCCCC(CN(C)C)N(C)c1ccc(C(N)=O)c(Nc2cccc(NC)c2C=N)n1. The van der Waals surface area contributed by atoms with Crippen LogP contribution in [0.3, 0.4) is 0 Å². The molecule has 1 unspecified atom stereocenters. The van der Waals surface area contributed by atoms with Gasteiger partial charge >= 0.3 is 0 Å². The maximum Gasteiger partial charge on any atom is 0.252 e. The molecule has 8 heteroatoms. The highest BCUT2D eigenvalue weighted by Crippen LogP contribution is 2.28. The Bertz CT molecular complexity index is 897. The van der Waals surface area contributed by atoms with E-state index in [1.807, 2.05) is 31.3 Å². The lowest BCUT2D eigenvalue weighted by Gasteiger charge is -2.32. The van der Waals surface area contributed by atoms with E-state index >= 15 is 0 Å². The van der Waals surface area contributed by atoms with Crippen LogP contribution in [0.25, 0.3) is 0 Å². The zero-order valence-corrected chi connectivity index (χ0v) is 19.2. The summed E-state index contributed by atoms with van der Waals surface area (Å²) in [4.78, 5) is 21.1. The van der Waals surface area contributed by atoms with Gasteiger partial charge in [-0.1, -0.05) is 25.8 Å². The van der Waals surface area contributed by atoms with Crippen LogP contribution in [-0.4, -0.2) is 62.8 Å². The fraction of sp³-hybridized carbons (Fsp3) is 0.435. The van der Waals surface area contributed by atoms with E-state index in [4.69, 9.17) is 16.1 Å². The summed E-state index contributed by atoms with van der Waals surface area (Å²) in [6.07, 6.45) is 4.58. The van der Waals surface area contributed by atoms with E-state index in [2.05, 4.69) is 41.5 Å². The number of nitrogens with zero attached hydrogens (tertiary/aromatic N) is 3. The van der Waals surface area contributed by atoms with E-state index in [9.17, 15) is 4.79 Å². The topological polar surface area (TPSA) is 110 Å². The maximum atomic E-state index is 12.1. The predicted molar refractivity (Wildman–Crippen MR) is 130 cm³/mol. The van der Waals surface area contributed by atoms with Crippen LogP contribution in [-0.2, 0) is 0 Å². The molecule has 8 nitrogen and oxygen atoms in total. The lowest BCUT2D eigenvalue weighted by molar-refractivity contribution is 0.100. The molecule has 1 amide bonds. The molecule has 0 bridgehead atoms. The highest BCUT2D eigenvalue weighted by molar-refractivity contribution is 6.00. The van der Waals surface area contributed by atoms with Crippen molar-refractivity contribution in [2.24, 2.45) is 5.73 Å². The Hall–Kier alpha value is -3.13. The molecule has 0 spiro atoms. The minimum absolute atomic E-state index is 0.291. The number of nitrogens with two attached hydrogens (primary N) is 1. The monoisotopic (exact) mass is 425 g/mol. The molecule has 0 saturated carbocycles. The van der Waals surface area contributed by atoms with Crippen molar-refractivity contribution in [3.63, 3.8) is 0 Å². The van der Waals surface area contributed by atoms with Gasteiger partial charge in [0.25, 0.3) is 5.91 Å². The molecule has 1 aromatic heterocycles. The first kappa shape index (κ1) is 24.1. The Kier molecular flexibility index (Phi) is 8.81. The molecule has 2 rings (SSSR count). The summed E-state index contributed by atoms with van der Waals surface area (Å²) in [6, 6.07) is 9.44. The highest BCUT2D eigenvalue weighted by Gasteiger charge is 2.20. The predicted octanol–water partition coefficient (Wildman–Crippen LogP) is 3.52. The molecule has 1 atom stereocenters. The normalized spacial score (nSPS) is 11.8. The maximum absolute atomic E-state index is 12.1. The number of unbranched alkanes of at least 4 members (excludes halogenated alkanes) is 1. The van der Waals surface area contributed by atoms with Gasteiger partial charge in [-0.3, -0.25) is 4.79 Å². The van der Waals surface area contributed by atoms with Gasteiger partial charge < -0.3 is 31.6 Å². The van der Waals surface area contributed by atoms with Crippen molar-refractivity contribution < 1.29 is 4.79 Å². The summed E-state index contributed by atoms with van der Waals surface area (Å²) in [6.45, 7) is 3.09. The number of carbonyl (C=O) groups excluding carboxylic acids is 1. The Labute approximate surface area is 185 Å². The third-order valence-corrected chi connectivity index (χ3v) is 5.29. The second-order valence-electron chi connectivity index (χ2n) is 7.89. The van der Waals surface area contributed by atoms with Crippen LogP contribution >= 0.6 is 0 Å². The van der Waals surface area contributed by atoms with E-state index in [0.29, 0.717) is 28.7 Å². The fourth-order valence-electron chi connectivity index (χ4n) is 3.57. The number of rotatable bonds is 12. The Morgan fingerprint density at radius 3 is 2.52 bits per heavy atom. The Morgan fingerprint density at radius 2 is 1.94 bits per heavy atom. The lowest BCUT2D eigenvalue weighted by atomic mass is 10.1. The smallest absolute Gasteiger partial charge is 0.252 e. The number of hydrogen-bond acceptors (Lipinski definition) is 7. The molecule has 0 saturated heterocycles. The van der Waals surface area contributed by atoms with Gasteiger partial charge in [-0.25, -0.2) is 4.98 Å². The van der Waals surface area contributed by atoms with Gasteiger partial charge in [0.2, 0.25) is 0 Å².